The first-order valence-electron chi connectivity index (χ1n) is 5.59. The minimum Gasteiger partial charge on any atom is -0.394 e. The van der Waals surface area contributed by atoms with Gasteiger partial charge in [-0.2, -0.15) is 0 Å². The van der Waals surface area contributed by atoms with Crippen molar-refractivity contribution in [3.05, 3.63) is 23.2 Å². The van der Waals surface area contributed by atoms with Gasteiger partial charge >= 0.3 is 0 Å². The molecule has 2 rings (SSSR count). The second-order valence-corrected chi connectivity index (χ2v) is 7.22. The number of aryl methyl sites for hydroxylation is 1. The van der Waals surface area contributed by atoms with Crippen LogP contribution in [0.3, 0.4) is 0 Å². The van der Waals surface area contributed by atoms with Crippen molar-refractivity contribution in [3.63, 3.8) is 0 Å². The summed E-state index contributed by atoms with van der Waals surface area (Å²) < 4.78 is 16.1. The van der Waals surface area contributed by atoms with Gasteiger partial charge in [0.25, 0.3) is 0 Å². The highest BCUT2D eigenvalue weighted by Crippen LogP contribution is 2.24. The van der Waals surface area contributed by atoms with E-state index in [1.54, 1.807) is 31.3 Å². The minimum absolute atomic E-state index is 0.0688. The van der Waals surface area contributed by atoms with Crippen molar-refractivity contribution in [1.82, 2.24) is 9.71 Å². The van der Waals surface area contributed by atoms with Crippen LogP contribution in [0, 0.1) is 6.92 Å². The monoisotopic (exact) mass is 284 g/mol. The number of rotatable bonds is 4. The molecule has 1 aromatic carbocycles. The standard InChI is InChI=1S/C12H16N2O2S2/c1-8-13-10-5-4-9(6-11(10)17-8)18(16)14-12(2,3)7-15/h4-6,14-15H,7H2,1-3H3. The Balaban J connectivity index is 2.28. The van der Waals surface area contributed by atoms with Crippen LogP contribution in [0.4, 0.5) is 0 Å². The van der Waals surface area contributed by atoms with Gasteiger partial charge in [0.2, 0.25) is 0 Å². The van der Waals surface area contributed by atoms with Crippen LogP contribution in [0.15, 0.2) is 23.1 Å². The highest BCUT2D eigenvalue weighted by Gasteiger charge is 2.20. The molecule has 2 N–H and O–H groups in total. The Morgan fingerprint density at radius 2 is 2.22 bits per heavy atom. The molecule has 1 heterocycles. The van der Waals surface area contributed by atoms with E-state index in [1.807, 2.05) is 19.1 Å². The fourth-order valence-electron chi connectivity index (χ4n) is 1.48. The molecule has 1 atom stereocenters. The van der Waals surface area contributed by atoms with Crippen LogP contribution in [0.2, 0.25) is 0 Å². The zero-order chi connectivity index (χ0) is 13.3. The highest BCUT2D eigenvalue weighted by molar-refractivity contribution is 7.83. The Labute approximate surface area is 113 Å². The number of fused-ring (bicyclic) bond motifs is 1. The molecule has 0 saturated carbocycles. The van der Waals surface area contributed by atoms with Gasteiger partial charge in [0.05, 0.1) is 26.7 Å². The number of benzene rings is 1. The molecule has 0 saturated heterocycles. The average molecular weight is 284 g/mol. The van der Waals surface area contributed by atoms with E-state index < -0.39 is 16.5 Å². The van der Waals surface area contributed by atoms with Crippen molar-refractivity contribution in [2.75, 3.05) is 6.61 Å². The average Bonchev–Trinajstić information content (AvgIpc) is 2.67. The lowest BCUT2D eigenvalue weighted by Gasteiger charge is -2.22. The Morgan fingerprint density at radius 1 is 1.50 bits per heavy atom. The normalized spacial score (nSPS) is 14.0. The van der Waals surface area contributed by atoms with Gasteiger partial charge in [0, 0.05) is 5.54 Å². The number of hydrogen-bond acceptors (Lipinski definition) is 4. The molecule has 0 amide bonds. The third-order valence-electron chi connectivity index (χ3n) is 2.45. The van der Waals surface area contributed by atoms with Crippen LogP contribution < -0.4 is 4.72 Å². The Morgan fingerprint density at radius 3 is 2.89 bits per heavy atom. The number of hydrogen-bond donors (Lipinski definition) is 2. The topological polar surface area (TPSA) is 62.2 Å². The summed E-state index contributed by atoms with van der Waals surface area (Å²) in [5.74, 6) is 0. The molecule has 4 nitrogen and oxygen atoms in total. The minimum atomic E-state index is -1.33. The number of aliphatic hydroxyl groups is 1. The van der Waals surface area contributed by atoms with Crippen LogP contribution in [0.1, 0.15) is 18.9 Å². The number of nitrogens with one attached hydrogen (secondary N) is 1. The predicted octanol–water partition coefficient (Wildman–Crippen LogP) is 1.99. The van der Waals surface area contributed by atoms with Gasteiger partial charge in [0.1, 0.15) is 11.0 Å². The number of thiazole rings is 1. The van der Waals surface area contributed by atoms with E-state index in [9.17, 15) is 4.21 Å². The van der Waals surface area contributed by atoms with Crippen LogP contribution in [0.25, 0.3) is 10.2 Å². The maximum atomic E-state index is 12.1. The van der Waals surface area contributed by atoms with E-state index >= 15 is 0 Å². The van der Waals surface area contributed by atoms with E-state index in [4.69, 9.17) is 5.11 Å². The van der Waals surface area contributed by atoms with Crippen molar-refractivity contribution >= 4 is 32.5 Å². The van der Waals surface area contributed by atoms with Gasteiger partial charge in [-0.1, -0.05) is 0 Å². The SMILES string of the molecule is Cc1nc2ccc(S(=O)NC(C)(C)CO)cc2s1. The molecule has 2 aromatic rings. The molecular weight excluding hydrogens is 268 g/mol. The summed E-state index contributed by atoms with van der Waals surface area (Å²) in [6.45, 7) is 5.50. The molecule has 6 heteroatoms. The predicted molar refractivity (Wildman–Crippen MR) is 75.1 cm³/mol. The Kier molecular flexibility index (Phi) is 3.82. The van der Waals surface area contributed by atoms with Gasteiger partial charge in [0.15, 0.2) is 0 Å². The zero-order valence-electron chi connectivity index (χ0n) is 10.6. The van der Waals surface area contributed by atoms with Gasteiger partial charge < -0.3 is 5.11 Å². The number of aromatic nitrogens is 1. The third-order valence-corrected chi connectivity index (χ3v) is 4.80. The molecular formula is C12H16N2O2S2. The molecule has 18 heavy (non-hydrogen) atoms. The van der Waals surface area contributed by atoms with Gasteiger partial charge in [-0.15, -0.1) is 11.3 Å². The molecule has 0 bridgehead atoms. The van der Waals surface area contributed by atoms with Crippen LogP contribution >= 0.6 is 11.3 Å². The number of aliphatic hydroxyl groups excluding tert-OH is 1. The Hall–Kier alpha value is -0.820. The second kappa shape index (κ2) is 5.05. The molecule has 1 aromatic heterocycles. The number of nitrogens with zero attached hydrogens (tertiary/aromatic N) is 1. The third kappa shape index (κ3) is 2.95. The van der Waals surface area contributed by atoms with Crippen LogP contribution in [0.5, 0.6) is 0 Å². The molecule has 1 unspecified atom stereocenters. The van der Waals surface area contributed by atoms with Crippen molar-refractivity contribution in [3.8, 4) is 0 Å². The fraction of sp³-hybridized carbons (Fsp3) is 0.417. The summed E-state index contributed by atoms with van der Waals surface area (Å²) in [5, 5.41) is 10.2. The summed E-state index contributed by atoms with van der Waals surface area (Å²) in [4.78, 5) is 5.07. The van der Waals surface area contributed by atoms with Crippen molar-refractivity contribution < 1.29 is 9.32 Å². The van der Waals surface area contributed by atoms with E-state index in [0.717, 1.165) is 15.2 Å². The van der Waals surface area contributed by atoms with Crippen molar-refractivity contribution in [2.24, 2.45) is 0 Å². The molecule has 98 valence electrons. The Bertz CT molecular complexity index is 593. The summed E-state index contributed by atoms with van der Waals surface area (Å²) in [5.41, 5.74) is 0.364. The summed E-state index contributed by atoms with van der Waals surface area (Å²) in [6.07, 6.45) is 0. The van der Waals surface area contributed by atoms with E-state index in [2.05, 4.69) is 9.71 Å². The van der Waals surface area contributed by atoms with Crippen molar-refractivity contribution in [1.29, 1.82) is 0 Å². The maximum absolute atomic E-state index is 12.1. The van der Waals surface area contributed by atoms with Crippen molar-refractivity contribution in [2.45, 2.75) is 31.2 Å². The largest absolute Gasteiger partial charge is 0.394 e. The lowest BCUT2D eigenvalue weighted by Crippen LogP contribution is -2.43. The van der Waals surface area contributed by atoms with Crippen LogP contribution in [-0.2, 0) is 11.0 Å². The van der Waals surface area contributed by atoms with Gasteiger partial charge in [-0.25, -0.2) is 13.9 Å². The maximum Gasteiger partial charge on any atom is 0.125 e. The summed E-state index contributed by atoms with van der Waals surface area (Å²) in [6, 6.07) is 5.56. The van der Waals surface area contributed by atoms with Gasteiger partial charge in [-0.3, -0.25) is 0 Å². The first kappa shape index (κ1) is 13.6. The quantitative estimate of drug-likeness (QED) is 0.902. The molecule has 0 aliphatic heterocycles. The van der Waals surface area contributed by atoms with E-state index in [-0.39, 0.29) is 6.61 Å². The summed E-state index contributed by atoms with van der Waals surface area (Å²) in [7, 11) is -1.33. The summed E-state index contributed by atoms with van der Waals surface area (Å²) >= 11 is 1.58. The highest BCUT2D eigenvalue weighted by atomic mass is 32.2. The van der Waals surface area contributed by atoms with Gasteiger partial charge in [-0.05, 0) is 39.0 Å². The molecule has 0 spiro atoms. The lowest BCUT2D eigenvalue weighted by atomic mass is 10.1. The first-order valence-corrected chi connectivity index (χ1v) is 7.55. The lowest BCUT2D eigenvalue weighted by molar-refractivity contribution is 0.210. The second-order valence-electron chi connectivity index (χ2n) is 4.78. The fourth-order valence-corrected chi connectivity index (χ4v) is 3.52. The molecule has 0 aliphatic carbocycles. The molecule has 0 aliphatic rings. The zero-order valence-corrected chi connectivity index (χ0v) is 12.2. The first-order chi connectivity index (χ1) is 8.41. The molecule has 0 radical (unpaired) electrons. The van der Waals surface area contributed by atoms with Crippen LogP contribution in [-0.4, -0.2) is 26.4 Å². The van der Waals surface area contributed by atoms with E-state index in [0.29, 0.717) is 4.90 Å². The molecule has 0 fully saturated rings. The smallest absolute Gasteiger partial charge is 0.125 e. The van der Waals surface area contributed by atoms with E-state index in [1.165, 1.54) is 0 Å².